The zero-order valence-electron chi connectivity index (χ0n) is 18.3. The Hall–Kier alpha value is -3.73. The molecule has 0 unspecified atom stereocenters. The lowest BCUT2D eigenvalue weighted by molar-refractivity contribution is 1.72. The minimum absolute atomic E-state index is 1.28. The minimum atomic E-state index is -2.20. The number of hydrogen-bond acceptors (Lipinski definition) is 0. The van der Waals surface area contributed by atoms with Crippen molar-refractivity contribution in [3.63, 3.8) is 0 Å². The Labute approximate surface area is 195 Å². The molecule has 6 aromatic carbocycles. The second kappa shape index (κ2) is 8.32. The fraction of sp³-hybridized carbons (Fsp3) is 0. The lowest BCUT2D eigenvalue weighted by atomic mass is 10.1. The number of hydrogen-bond donors (Lipinski definition) is 0. The highest BCUT2D eigenvalue weighted by atomic mass is 31.2. The van der Waals surface area contributed by atoms with Gasteiger partial charge in [0, 0.05) is 0 Å². The van der Waals surface area contributed by atoms with Crippen LogP contribution in [0, 0.1) is 0 Å². The molecule has 0 fully saturated rings. The Morgan fingerprint density at radius 2 is 0.667 bits per heavy atom. The van der Waals surface area contributed by atoms with Crippen molar-refractivity contribution >= 4 is 50.0 Å². The summed E-state index contributed by atoms with van der Waals surface area (Å²) in [5, 5.41) is 10.8. The largest absolute Gasteiger partial charge is 0.0622 e. The highest BCUT2D eigenvalue weighted by Gasteiger charge is 2.38. The molecule has 1 radical (unpaired) electrons. The summed E-state index contributed by atoms with van der Waals surface area (Å²) in [4.78, 5) is 0. The van der Waals surface area contributed by atoms with Gasteiger partial charge in [-0.1, -0.05) is 146 Å². The molecular formula is C32H24P. The van der Waals surface area contributed by atoms with E-state index in [1.54, 1.807) is 0 Å². The summed E-state index contributed by atoms with van der Waals surface area (Å²) in [7, 11) is -2.20. The molecule has 0 atom stereocenters. The third kappa shape index (κ3) is 3.18. The van der Waals surface area contributed by atoms with E-state index in [0.717, 1.165) is 0 Å². The molecule has 157 valence electrons. The van der Waals surface area contributed by atoms with Gasteiger partial charge in [-0.2, -0.15) is 0 Å². The van der Waals surface area contributed by atoms with Crippen molar-refractivity contribution in [3.8, 4) is 0 Å². The van der Waals surface area contributed by atoms with Crippen molar-refractivity contribution < 1.29 is 0 Å². The van der Waals surface area contributed by atoms with Crippen LogP contribution in [0.2, 0.25) is 0 Å². The molecule has 0 aliphatic heterocycles. The molecule has 0 spiro atoms. The Kier molecular flexibility index (Phi) is 5.02. The van der Waals surface area contributed by atoms with Crippen molar-refractivity contribution in [1.29, 1.82) is 0 Å². The van der Waals surface area contributed by atoms with Crippen LogP contribution in [-0.2, 0) is 0 Å². The van der Waals surface area contributed by atoms with E-state index in [-0.39, 0.29) is 0 Å². The molecule has 0 bridgehead atoms. The van der Waals surface area contributed by atoms with Crippen molar-refractivity contribution in [2.45, 2.75) is 0 Å². The van der Waals surface area contributed by atoms with E-state index >= 15 is 0 Å². The zero-order valence-corrected chi connectivity index (χ0v) is 19.2. The maximum absolute atomic E-state index is 2.36. The second-order valence-electron chi connectivity index (χ2n) is 8.34. The zero-order chi connectivity index (χ0) is 22.1. The van der Waals surface area contributed by atoms with E-state index in [2.05, 4.69) is 146 Å². The van der Waals surface area contributed by atoms with Crippen LogP contribution < -0.4 is 21.2 Å². The smallest absolute Gasteiger partial charge is 0.00764 e. The standard InChI is InChI=1S/C32H24P/c1-3-17-27(18-4-1)33(28-19-5-2-6-20-28,31-23-11-15-25-13-7-9-21-29(25)31)32-24-12-16-26-14-8-10-22-30(26)32/h1-24H. The molecule has 0 aliphatic carbocycles. The third-order valence-electron chi connectivity index (χ3n) is 6.54. The second-order valence-corrected chi connectivity index (χ2v) is 11.7. The van der Waals surface area contributed by atoms with Gasteiger partial charge in [0.1, 0.15) is 0 Å². The van der Waals surface area contributed by atoms with Crippen LogP contribution in [0.25, 0.3) is 21.5 Å². The molecule has 0 N–H and O–H groups in total. The SMILES string of the molecule is c1ccc([P](c2ccccc2)(c2cccc3ccccc23)c2cccc3ccccc23)cc1. The van der Waals surface area contributed by atoms with E-state index in [0.29, 0.717) is 0 Å². The fourth-order valence-corrected chi connectivity index (χ4v) is 9.80. The normalized spacial score (nSPS) is 11.6. The summed E-state index contributed by atoms with van der Waals surface area (Å²) in [6.45, 7) is 0. The first kappa shape index (κ1) is 19.9. The van der Waals surface area contributed by atoms with Gasteiger partial charge in [-0.3, -0.25) is 0 Å². The summed E-state index contributed by atoms with van der Waals surface area (Å²) in [6, 6.07) is 53.5. The van der Waals surface area contributed by atoms with Crippen molar-refractivity contribution in [3.05, 3.63) is 146 Å². The van der Waals surface area contributed by atoms with Crippen molar-refractivity contribution in [2.24, 2.45) is 0 Å². The first-order valence-corrected chi connectivity index (χ1v) is 13.1. The molecule has 0 saturated carbocycles. The fourth-order valence-electron chi connectivity index (χ4n) is 5.14. The van der Waals surface area contributed by atoms with Gasteiger partial charge in [-0.25, -0.2) is 0 Å². The quantitative estimate of drug-likeness (QED) is 0.271. The Bertz CT molecular complexity index is 1420. The van der Waals surface area contributed by atoms with Crippen LogP contribution in [0.15, 0.2) is 146 Å². The summed E-state index contributed by atoms with van der Waals surface area (Å²) in [5.74, 6) is 0. The van der Waals surface area contributed by atoms with Gasteiger partial charge in [-0.15, -0.1) is 0 Å². The van der Waals surface area contributed by atoms with E-state index in [4.69, 9.17) is 0 Å². The molecule has 0 saturated heterocycles. The maximum atomic E-state index is 2.36. The molecule has 6 rings (SSSR count). The van der Waals surface area contributed by atoms with E-state index < -0.39 is 7.26 Å². The van der Waals surface area contributed by atoms with Crippen LogP contribution in [0.1, 0.15) is 0 Å². The lowest BCUT2D eigenvalue weighted by Gasteiger charge is -2.40. The molecule has 1 heteroatoms. The van der Waals surface area contributed by atoms with E-state index in [1.165, 1.54) is 42.8 Å². The highest BCUT2D eigenvalue weighted by molar-refractivity contribution is 8.02. The van der Waals surface area contributed by atoms with Crippen LogP contribution in [0.3, 0.4) is 0 Å². The van der Waals surface area contributed by atoms with Crippen LogP contribution in [0.4, 0.5) is 0 Å². The monoisotopic (exact) mass is 439 g/mol. The number of fused-ring (bicyclic) bond motifs is 2. The van der Waals surface area contributed by atoms with Gasteiger partial charge in [0.2, 0.25) is 0 Å². The first-order valence-electron chi connectivity index (χ1n) is 11.4. The van der Waals surface area contributed by atoms with Gasteiger partial charge >= 0.3 is 0 Å². The summed E-state index contributed by atoms with van der Waals surface area (Å²) < 4.78 is 0. The average molecular weight is 440 g/mol. The molecule has 6 aromatic rings. The molecule has 0 aliphatic rings. The number of benzene rings is 6. The van der Waals surface area contributed by atoms with Gasteiger partial charge in [0.25, 0.3) is 0 Å². The lowest BCUT2D eigenvalue weighted by Crippen LogP contribution is -2.39. The third-order valence-corrected chi connectivity index (χ3v) is 10.9. The molecule has 33 heavy (non-hydrogen) atoms. The topological polar surface area (TPSA) is 0 Å². The molecule has 0 aromatic heterocycles. The van der Waals surface area contributed by atoms with Crippen LogP contribution >= 0.6 is 7.26 Å². The molecule has 0 nitrogen and oxygen atoms in total. The van der Waals surface area contributed by atoms with Gasteiger partial charge in [0.05, 0.1) is 0 Å². The van der Waals surface area contributed by atoms with E-state index in [9.17, 15) is 0 Å². The van der Waals surface area contributed by atoms with E-state index in [1.807, 2.05) is 0 Å². The average Bonchev–Trinajstić information content (AvgIpc) is 2.91. The minimum Gasteiger partial charge on any atom is -0.0622 e. The highest BCUT2D eigenvalue weighted by Crippen LogP contribution is 2.56. The van der Waals surface area contributed by atoms with Crippen molar-refractivity contribution in [2.75, 3.05) is 0 Å². The predicted octanol–water partition coefficient (Wildman–Crippen LogP) is 6.61. The number of rotatable bonds is 4. The Morgan fingerprint density at radius 1 is 0.303 bits per heavy atom. The van der Waals surface area contributed by atoms with Crippen LogP contribution in [0.5, 0.6) is 0 Å². The molecular weight excluding hydrogens is 415 g/mol. The van der Waals surface area contributed by atoms with Gasteiger partial charge in [-0.05, 0) is 50.0 Å². The summed E-state index contributed by atoms with van der Waals surface area (Å²) >= 11 is 0. The maximum Gasteiger partial charge on any atom is -0.00764 e. The molecule has 0 heterocycles. The van der Waals surface area contributed by atoms with Gasteiger partial charge in [0.15, 0.2) is 0 Å². The first-order chi connectivity index (χ1) is 16.4. The molecule has 0 amide bonds. The Morgan fingerprint density at radius 3 is 1.12 bits per heavy atom. The Balaban J connectivity index is 1.87. The summed E-state index contributed by atoms with van der Waals surface area (Å²) in [6.07, 6.45) is 0. The van der Waals surface area contributed by atoms with Crippen LogP contribution in [-0.4, -0.2) is 0 Å². The summed E-state index contributed by atoms with van der Waals surface area (Å²) in [5.41, 5.74) is 0. The van der Waals surface area contributed by atoms with Gasteiger partial charge < -0.3 is 0 Å². The predicted molar refractivity (Wildman–Crippen MR) is 146 cm³/mol. The van der Waals surface area contributed by atoms with Crippen molar-refractivity contribution in [1.82, 2.24) is 0 Å².